The molecule has 0 unspecified atom stereocenters. The Labute approximate surface area is 107 Å². The van der Waals surface area contributed by atoms with Crippen LogP contribution in [0.1, 0.15) is 0 Å². The average Bonchev–Trinajstić information content (AvgIpc) is 2.29. The molecule has 1 rings (SSSR count). The zero-order chi connectivity index (χ0) is 13.0. The van der Waals surface area contributed by atoms with Crippen LogP contribution in [0.4, 0.5) is 10.1 Å². The van der Waals surface area contributed by atoms with Gasteiger partial charge in [0.15, 0.2) is 6.19 Å². The maximum Gasteiger partial charge on any atom is 0.242 e. The van der Waals surface area contributed by atoms with E-state index < -0.39 is 5.82 Å². The quantitative estimate of drug-likeness (QED) is 0.633. The van der Waals surface area contributed by atoms with E-state index >= 15 is 0 Å². The van der Waals surface area contributed by atoms with Crippen molar-refractivity contribution in [3.63, 3.8) is 0 Å². The van der Waals surface area contributed by atoms with Crippen LogP contribution in [0.5, 0.6) is 0 Å². The lowest BCUT2D eigenvalue weighted by Crippen LogP contribution is -2.34. The van der Waals surface area contributed by atoms with Gasteiger partial charge in [-0.15, -0.1) is 0 Å². The molecule has 0 radical (unpaired) electrons. The highest BCUT2D eigenvalue weighted by molar-refractivity contribution is 9.10. The van der Waals surface area contributed by atoms with Gasteiger partial charge in [0.2, 0.25) is 5.91 Å². The number of hydrogen-bond acceptors (Lipinski definition) is 3. The van der Waals surface area contributed by atoms with Gasteiger partial charge in [-0.25, -0.2) is 4.39 Å². The highest BCUT2D eigenvalue weighted by Gasteiger charge is 2.13. The van der Waals surface area contributed by atoms with Gasteiger partial charge in [-0.1, -0.05) is 0 Å². The van der Waals surface area contributed by atoms with Crippen molar-refractivity contribution < 1.29 is 9.18 Å². The fraction of sp³-hybridized carbons (Fsp3) is 0.273. The van der Waals surface area contributed by atoms with Gasteiger partial charge in [-0.3, -0.25) is 9.69 Å². The Balaban J connectivity index is 2.91. The fourth-order valence-corrected chi connectivity index (χ4v) is 1.48. The number of halogens is 2. The van der Waals surface area contributed by atoms with Crippen LogP contribution in [-0.4, -0.2) is 31.4 Å². The third-order valence-electron chi connectivity index (χ3n) is 2.13. The van der Waals surface area contributed by atoms with Gasteiger partial charge in [0.25, 0.3) is 0 Å². The SMILES string of the molecule is CN(C)C(=O)CN(C#N)c1ccc(F)c(Br)c1. The van der Waals surface area contributed by atoms with E-state index in [4.69, 9.17) is 5.26 Å². The highest BCUT2D eigenvalue weighted by atomic mass is 79.9. The van der Waals surface area contributed by atoms with E-state index in [-0.39, 0.29) is 16.9 Å². The molecule has 0 atom stereocenters. The molecule has 1 aromatic rings. The van der Waals surface area contributed by atoms with Gasteiger partial charge >= 0.3 is 0 Å². The van der Waals surface area contributed by atoms with Gasteiger partial charge in [0.05, 0.1) is 10.2 Å². The molecule has 0 aliphatic heterocycles. The summed E-state index contributed by atoms with van der Waals surface area (Å²) in [7, 11) is 3.22. The zero-order valence-corrected chi connectivity index (χ0v) is 11.0. The summed E-state index contributed by atoms with van der Waals surface area (Å²) in [5, 5.41) is 8.97. The second kappa shape index (κ2) is 5.64. The molecule has 0 N–H and O–H groups in total. The summed E-state index contributed by atoms with van der Waals surface area (Å²) >= 11 is 3.03. The maximum atomic E-state index is 13.0. The molecule has 0 spiro atoms. The number of carbonyl (C=O) groups excluding carboxylic acids is 1. The second-order valence-electron chi connectivity index (χ2n) is 3.57. The summed E-state index contributed by atoms with van der Waals surface area (Å²) in [4.78, 5) is 14.1. The Morgan fingerprint density at radius 3 is 2.65 bits per heavy atom. The molecule has 17 heavy (non-hydrogen) atoms. The van der Waals surface area contributed by atoms with Crippen molar-refractivity contribution >= 4 is 27.5 Å². The van der Waals surface area contributed by atoms with Crippen molar-refractivity contribution in [2.24, 2.45) is 0 Å². The van der Waals surface area contributed by atoms with Crippen LogP contribution in [0, 0.1) is 17.3 Å². The molecular formula is C11H11BrFN3O. The second-order valence-corrected chi connectivity index (χ2v) is 4.43. The van der Waals surface area contributed by atoms with Crippen LogP contribution in [-0.2, 0) is 4.79 Å². The summed E-state index contributed by atoms with van der Waals surface area (Å²) in [5.74, 6) is -0.613. The number of amides is 1. The van der Waals surface area contributed by atoms with Crippen molar-refractivity contribution in [3.8, 4) is 6.19 Å². The topological polar surface area (TPSA) is 47.3 Å². The number of nitriles is 1. The van der Waals surface area contributed by atoms with Crippen LogP contribution < -0.4 is 4.90 Å². The molecule has 0 aliphatic carbocycles. The molecule has 0 fully saturated rings. The summed E-state index contributed by atoms with van der Waals surface area (Å²) in [6, 6.07) is 4.15. The van der Waals surface area contributed by atoms with E-state index in [0.29, 0.717) is 5.69 Å². The van der Waals surface area contributed by atoms with Gasteiger partial charge in [-0.2, -0.15) is 5.26 Å². The van der Waals surface area contributed by atoms with Gasteiger partial charge in [0, 0.05) is 14.1 Å². The van der Waals surface area contributed by atoms with Crippen molar-refractivity contribution in [1.29, 1.82) is 5.26 Å². The summed E-state index contributed by atoms with van der Waals surface area (Å²) in [5.41, 5.74) is 0.468. The molecule has 4 nitrogen and oxygen atoms in total. The first-order valence-electron chi connectivity index (χ1n) is 4.78. The third kappa shape index (κ3) is 3.43. The fourth-order valence-electron chi connectivity index (χ4n) is 1.11. The predicted molar refractivity (Wildman–Crippen MR) is 65.8 cm³/mol. The first kappa shape index (κ1) is 13.5. The van der Waals surface area contributed by atoms with Crippen molar-refractivity contribution in [2.45, 2.75) is 0 Å². The minimum absolute atomic E-state index is 0.0679. The van der Waals surface area contributed by atoms with Crippen molar-refractivity contribution in [3.05, 3.63) is 28.5 Å². The van der Waals surface area contributed by atoms with Crippen LogP contribution in [0.15, 0.2) is 22.7 Å². The molecule has 0 bridgehead atoms. The Hall–Kier alpha value is -1.61. The molecular weight excluding hydrogens is 289 g/mol. The number of likely N-dealkylation sites (N-methyl/N-ethyl adjacent to an activating group) is 1. The number of nitrogens with zero attached hydrogens (tertiary/aromatic N) is 3. The van der Waals surface area contributed by atoms with E-state index in [9.17, 15) is 9.18 Å². The maximum absolute atomic E-state index is 13.0. The van der Waals surface area contributed by atoms with Crippen LogP contribution in [0.2, 0.25) is 0 Å². The lowest BCUT2D eigenvalue weighted by Gasteiger charge is -2.18. The van der Waals surface area contributed by atoms with E-state index in [1.54, 1.807) is 14.1 Å². The smallest absolute Gasteiger partial charge is 0.242 e. The van der Waals surface area contributed by atoms with E-state index in [2.05, 4.69) is 15.9 Å². The van der Waals surface area contributed by atoms with Crippen LogP contribution in [0.25, 0.3) is 0 Å². The average molecular weight is 300 g/mol. The standard InChI is InChI=1S/C11H11BrFN3O/c1-15(2)11(17)6-16(7-14)8-3-4-10(13)9(12)5-8/h3-5H,6H2,1-2H3. The number of benzene rings is 1. The minimum atomic E-state index is -0.412. The number of carbonyl (C=O) groups is 1. The third-order valence-corrected chi connectivity index (χ3v) is 2.74. The molecule has 0 aliphatic rings. The molecule has 0 saturated heterocycles. The van der Waals surface area contributed by atoms with Crippen molar-refractivity contribution in [1.82, 2.24) is 4.90 Å². The summed E-state index contributed by atoms with van der Waals surface area (Å²) in [6.07, 6.45) is 1.89. The number of anilines is 1. The molecule has 90 valence electrons. The number of rotatable bonds is 3. The number of hydrogen-bond donors (Lipinski definition) is 0. The molecule has 0 heterocycles. The monoisotopic (exact) mass is 299 g/mol. The molecule has 0 aromatic heterocycles. The predicted octanol–water partition coefficient (Wildman–Crippen LogP) is 1.96. The summed E-state index contributed by atoms with van der Waals surface area (Å²) < 4.78 is 13.3. The lowest BCUT2D eigenvalue weighted by molar-refractivity contribution is -0.127. The molecule has 6 heteroatoms. The van der Waals surface area contributed by atoms with Crippen LogP contribution >= 0.6 is 15.9 Å². The minimum Gasteiger partial charge on any atom is -0.347 e. The van der Waals surface area contributed by atoms with Gasteiger partial charge in [-0.05, 0) is 34.1 Å². The van der Waals surface area contributed by atoms with E-state index in [1.165, 1.54) is 28.0 Å². The van der Waals surface area contributed by atoms with E-state index in [0.717, 1.165) is 0 Å². The van der Waals surface area contributed by atoms with Crippen molar-refractivity contribution in [2.75, 3.05) is 25.5 Å². The summed E-state index contributed by atoms with van der Waals surface area (Å²) in [6.45, 7) is -0.0679. The zero-order valence-electron chi connectivity index (χ0n) is 9.44. The lowest BCUT2D eigenvalue weighted by atomic mass is 10.3. The Kier molecular flexibility index (Phi) is 4.46. The first-order chi connectivity index (χ1) is 7.95. The first-order valence-corrected chi connectivity index (χ1v) is 5.57. The van der Waals surface area contributed by atoms with Crippen LogP contribution in [0.3, 0.4) is 0 Å². The normalized spacial score (nSPS) is 9.59. The van der Waals surface area contributed by atoms with E-state index in [1.807, 2.05) is 6.19 Å². The van der Waals surface area contributed by atoms with Gasteiger partial charge < -0.3 is 4.90 Å². The largest absolute Gasteiger partial charge is 0.347 e. The Bertz CT molecular complexity index is 470. The molecule has 1 amide bonds. The van der Waals surface area contributed by atoms with Gasteiger partial charge in [0.1, 0.15) is 12.4 Å². The molecule has 1 aromatic carbocycles. The Morgan fingerprint density at radius 1 is 1.53 bits per heavy atom. The highest BCUT2D eigenvalue weighted by Crippen LogP contribution is 2.22. The Morgan fingerprint density at radius 2 is 2.18 bits per heavy atom. The molecule has 0 saturated carbocycles.